The summed E-state index contributed by atoms with van der Waals surface area (Å²) in [5, 5.41) is 15.8. The van der Waals surface area contributed by atoms with E-state index in [-0.39, 0.29) is 12.7 Å². The standard InChI is InChI=1S/C21H31N5O6S/c1-30-18-11-16-17(12-19(18)31-2)23-21(26-9-5-15(27)13-26)24-20(16)25-7-3-14(4-8-25)6-10-32-33(22,28)29/h11-12,14-15,27H,3-10,13H2,1-2H3,(H2,22,28,29). The van der Waals surface area contributed by atoms with Crippen molar-refractivity contribution in [2.75, 3.05) is 56.8 Å². The van der Waals surface area contributed by atoms with E-state index in [1.54, 1.807) is 14.2 Å². The Morgan fingerprint density at radius 2 is 1.73 bits per heavy atom. The largest absolute Gasteiger partial charge is 0.493 e. The summed E-state index contributed by atoms with van der Waals surface area (Å²) < 4.78 is 37.6. The minimum Gasteiger partial charge on any atom is -0.493 e. The molecule has 3 heterocycles. The van der Waals surface area contributed by atoms with Gasteiger partial charge in [0, 0.05) is 37.6 Å². The van der Waals surface area contributed by atoms with Gasteiger partial charge in [0.15, 0.2) is 11.5 Å². The molecule has 2 fully saturated rings. The maximum atomic E-state index is 11.0. The van der Waals surface area contributed by atoms with Crippen molar-refractivity contribution in [3.63, 3.8) is 0 Å². The molecule has 12 heteroatoms. The van der Waals surface area contributed by atoms with Crippen molar-refractivity contribution in [3.05, 3.63) is 12.1 Å². The van der Waals surface area contributed by atoms with Crippen LogP contribution in [-0.4, -0.2) is 76.6 Å². The lowest BCUT2D eigenvalue weighted by Gasteiger charge is -2.34. The molecule has 2 aromatic rings. The first kappa shape index (κ1) is 23.7. The number of hydrogen-bond donors (Lipinski definition) is 2. The van der Waals surface area contributed by atoms with Crippen LogP contribution in [-0.2, 0) is 14.5 Å². The third-order valence-electron chi connectivity index (χ3n) is 6.30. The molecule has 11 nitrogen and oxygen atoms in total. The second kappa shape index (κ2) is 9.84. The van der Waals surface area contributed by atoms with Gasteiger partial charge in [0.25, 0.3) is 0 Å². The zero-order chi connectivity index (χ0) is 23.6. The van der Waals surface area contributed by atoms with Gasteiger partial charge in [-0.25, -0.2) is 10.1 Å². The molecule has 0 radical (unpaired) electrons. The van der Waals surface area contributed by atoms with Crippen molar-refractivity contribution >= 4 is 33.0 Å². The van der Waals surface area contributed by atoms with Crippen LogP contribution in [0.15, 0.2) is 12.1 Å². The van der Waals surface area contributed by atoms with Gasteiger partial charge < -0.3 is 24.4 Å². The summed E-state index contributed by atoms with van der Waals surface area (Å²) in [5.74, 6) is 2.95. The smallest absolute Gasteiger partial charge is 0.333 e. The second-order valence-corrected chi connectivity index (χ2v) is 9.72. The molecule has 1 atom stereocenters. The van der Waals surface area contributed by atoms with Crippen molar-refractivity contribution in [2.24, 2.45) is 11.1 Å². The number of rotatable bonds is 8. The summed E-state index contributed by atoms with van der Waals surface area (Å²) >= 11 is 0. The quantitative estimate of drug-likeness (QED) is 0.562. The van der Waals surface area contributed by atoms with E-state index >= 15 is 0 Å². The normalized spacial score (nSPS) is 19.9. The van der Waals surface area contributed by atoms with Gasteiger partial charge in [-0.2, -0.15) is 13.4 Å². The lowest BCUT2D eigenvalue weighted by molar-refractivity contribution is 0.198. The van der Waals surface area contributed by atoms with Crippen molar-refractivity contribution < 1.29 is 27.2 Å². The molecule has 182 valence electrons. The molecular formula is C21H31N5O6S. The van der Waals surface area contributed by atoms with Crippen LogP contribution in [0.25, 0.3) is 10.9 Å². The molecule has 1 aromatic heterocycles. The van der Waals surface area contributed by atoms with Gasteiger partial charge in [0.2, 0.25) is 5.95 Å². The number of anilines is 2. The topological polar surface area (TPSA) is 140 Å². The first-order valence-corrected chi connectivity index (χ1v) is 12.5. The second-order valence-electron chi connectivity index (χ2n) is 8.49. The van der Waals surface area contributed by atoms with Gasteiger partial charge in [-0.05, 0) is 37.7 Å². The van der Waals surface area contributed by atoms with Crippen LogP contribution in [0.2, 0.25) is 0 Å². The maximum absolute atomic E-state index is 11.0. The maximum Gasteiger partial charge on any atom is 0.333 e. The average Bonchev–Trinajstić information content (AvgIpc) is 3.23. The van der Waals surface area contributed by atoms with Crippen LogP contribution in [0.3, 0.4) is 0 Å². The SMILES string of the molecule is COc1cc2nc(N3CCC(O)C3)nc(N3CCC(CCOS(N)(=O)=O)CC3)c2cc1OC. The summed E-state index contributed by atoms with van der Waals surface area (Å²) in [7, 11) is -0.717. The highest BCUT2D eigenvalue weighted by atomic mass is 32.2. The van der Waals surface area contributed by atoms with E-state index in [1.807, 2.05) is 17.0 Å². The molecule has 0 spiro atoms. The minimum atomic E-state index is -3.90. The molecule has 4 rings (SSSR count). The fourth-order valence-electron chi connectivity index (χ4n) is 4.50. The number of piperidine rings is 1. The Bertz CT molecular complexity index is 1090. The van der Waals surface area contributed by atoms with Gasteiger partial charge in [0.05, 0.1) is 32.4 Å². The van der Waals surface area contributed by atoms with Gasteiger partial charge in [-0.1, -0.05) is 0 Å². The molecule has 2 aliphatic rings. The van der Waals surface area contributed by atoms with E-state index in [4.69, 9.17) is 28.8 Å². The number of ether oxygens (including phenoxy) is 2. The lowest BCUT2D eigenvalue weighted by atomic mass is 9.94. The Labute approximate surface area is 193 Å². The lowest BCUT2D eigenvalue weighted by Crippen LogP contribution is -2.35. The summed E-state index contributed by atoms with van der Waals surface area (Å²) in [6.45, 7) is 2.83. The van der Waals surface area contributed by atoms with Crippen LogP contribution in [0.1, 0.15) is 25.7 Å². The Hall–Kier alpha value is -2.41. The number of fused-ring (bicyclic) bond motifs is 1. The van der Waals surface area contributed by atoms with Crippen LogP contribution in [0.5, 0.6) is 11.5 Å². The summed E-state index contributed by atoms with van der Waals surface area (Å²) in [5.41, 5.74) is 0.748. The van der Waals surface area contributed by atoms with Crippen LogP contribution < -0.4 is 24.4 Å². The van der Waals surface area contributed by atoms with Gasteiger partial charge in [-0.3, -0.25) is 4.18 Å². The third kappa shape index (κ3) is 5.57. The molecule has 1 unspecified atom stereocenters. The number of nitrogens with two attached hydrogens (primary N) is 1. The highest BCUT2D eigenvalue weighted by molar-refractivity contribution is 7.84. The summed E-state index contributed by atoms with van der Waals surface area (Å²) in [4.78, 5) is 13.9. The predicted octanol–water partition coefficient (Wildman–Crippen LogP) is 1.04. The summed E-state index contributed by atoms with van der Waals surface area (Å²) in [6, 6.07) is 3.75. The Morgan fingerprint density at radius 1 is 1.06 bits per heavy atom. The number of aromatic nitrogens is 2. The molecule has 0 bridgehead atoms. The van der Waals surface area contributed by atoms with Crippen molar-refractivity contribution in [1.29, 1.82) is 0 Å². The Morgan fingerprint density at radius 3 is 2.33 bits per heavy atom. The fourth-order valence-corrected chi connectivity index (χ4v) is 4.83. The zero-order valence-corrected chi connectivity index (χ0v) is 19.8. The molecule has 3 N–H and O–H groups in total. The number of hydrogen-bond acceptors (Lipinski definition) is 10. The molecule has 33 heavy (non-hydrogen) atoms. The van der Waals surface area contributed by atoms with E-state index in [2.05, 4.69) is 4.90 Å². The number of aliphatic hydroxyl groups excluding tert-OH is 1. The van der Waals surface area contributed by atoms with Crippen LogP contribution in [0, 0.1) is 5.92 Å². The molecule has 1 aromatic carbocycles. The molecule has 0 aliphatic carbocycles. The average molecular weight is 482 g/mol. The molecule has 2 aliphatic heterocycles. The number of benzene rings is 1. The summed E-state index contributed by atoms with van der Waals surface area (Å²) in [6.07, 6.45) is 2.70. The minimum absolute atomic E-state index is 0.0956. The molecule has 0 amide bonds. The van der Waals surface area contributed by atoms with Crippen molar-refractivity contribution in [3.8, 4) is 11.5 Å². The van der Waals surface area contributed by atoms with Gasteiger partial charge in [-0.15, -0.1) is 0 Å². The number of methoxy groups -OCH3 is 2. The number of nitrogens with zero attached hydrogens (tertiary/aromatic N) is 4. The Kier molecular flexibility index (Phi) is 7.07. The molecule has 2 saturated heterocycles. The van der Waals surface area contributed by atoms with Crippen LogP contribution in [0.4, 0.5) is 11.8 Å². The number of aliphatic hydroxyl groups is 1. The first-order valence-electron chi connectivity index (χ1n) is 11.1. The molecular weight excluding hydrogens is 450 g/mol. The van der Waals surface area contributed by atoms with Crippen molar-refractivity contribution in [2.45, 2.75) is 31.8 Å². The number of β-amino-alcohol motifs (C(OH)–C–C–N with tert-alkyl or cyclic N) is 1. The highest BCUT2D eigenvalue weighted by Crippen LogP contribution is 2.37. The van der Waals surface area contributed by atoms with E-state index in [9.17, 15) is 13.5 Å². The monoisotopic (exact) mass is 481 g/mol. The Balaban J connectivity index is 1.60. The van der Waals surface area contributed by atoms with E-state index in [0.717, 1.165) is 42.7 Å². The van der Waals surface area contributed by atoms with E-state index < -0.39 is 10.3 Å². The van der Waals surface area contributed by atoms with Crippen LogP contribution >= 0.6 is 0 Å². The third-order valence-corrected chi connectivity index (χ3v) is 6.80. The van der Waals surface area contributed by atoms with E-state index in [1.165, 1.54) is 0 Å². The molecule has 0 saturated carbocycles. The first-order chi connectivity index (χ1) is 15.8. The van der Waals surface area contributed by atoms with E-state index in [0.29, 0.717) is 49.3 Å². The zero-order valence-electron chi connectivity index (χ0n) is 18.9. The van der Waals surface area contributed by atoms with Gasteiger partial charge in [0.1, 0.15) is 5.82 Å². The van der Waals surface area contributed by atoms with Crippen molar-refractivity contribution in [1.82, 2.24) is 9.97 Å². The predicted molar refractivity (Wildman–Crippen MR) is 124 cm³/mol. The van der Waals surface area contributed by atoms with Gasteiger partial charge >= 0.3 is 10.3 Å². The highest BCUT2D eigenvalue weighted by Gasteiger charge is 2.27. The fraction of sp³-hybridized carbons (Fsp3) is 0.619.